The van der Waals surface area contributed by atoms with Crippen molar-refractivity contribution in [1.29, 1.82) is 5.26 Å². The number of amides is 1. The van der Waals surface area contributed by atoms with Crippen molar-refractivity contribution in [2.45, 2.75) is 13.3 Å². The molecule has 7 nitrogen and oxygen atoms in total. The molecule has 0 spiro atoms. The van der Waals surface area contributed by atoms with Crippen molar-refractivity contribution in [2.24, 2.45) is 11.0 Å². The summed E-state index contributed by atoms with van der Waals surface area (Å²) in [7, 11) is 0. The average molecular weight is 258 g/mol. The lowest BCUT2D eigenvalue weighted by molar-refractivity contribution is -0.384. The maximum atomic E-state index is 12.1. The number of benzene rings is 1. The third-order valence-corrected chi connectivity index (χ3v) is 2.87. The van der Waals surface area contributed by atoms with Crippen LogP contribution in [0.3, 0.4) is 0 Å². The summed E-state index contributed by atoms with van der Waals surface area (Å²) in [6, 6.07) is 7.80. The Morgan fingerprint density at radius 3 is 2.84 bits per heavy atom. The van der Waals surface area contributed by atoms with Crippen LogP contribution in [0.15, 0.2) is 29.4 Å². The minimum Gasteiger partial charge on any atom is -0.272 e. The number of nitro benzene ring substituents is 1. The second-order valence-corrected chi connectivity index (χ2v) is 4.05. The minimum atomic E-state index is -0.621. The van der Waals surface area contributed by atoms with Crippen LogP contribution in [0.5, 0.6) is 0 Å². The van der Waals surface area contributed by atoms with E-state index in [-0.39, 0.29) is 17.8 Å². The first-order chi connectivity index (χ1) is 9.06. The molecule has 1 aliphatic heterocycles. The van der Waals surface area contributed by atoms with Crippen molar-refractivity contribution in [3.8, 4) is 6.07 Å². The Kier molecular flexibility index (Phi) is 3.25. The van der Waals surface area contributed by atoms with E-state index in [4.69, 9.17) is 5.26 Å². The molecule has 1 aromatic rings. The number of hydrazone groups is 1. The highest BCUT2D eigenvalue weighted by Gasteiger charge is 2.36. The molecule has 2 rings (SSSR count). The van der Waals surface area contributed by atoms with Crippen LogP contribution in [-0.2, 0) is 4.79 Å². The van der Waals surface area contributed by atoms with E-state index in [1.165, 1.54) is 18.2 Å². The fourth-order valence-electron chi connectivity index (χ4n) is 1.90. The molecule has 96 valence electrons. The van der Waals surface area contributed by atoms with Crippen molar-refractivity contribution < 1.29 is 9.72 Å². The zero-order chi connectivity index (χ0) is 14.0. The monoisotopic (exact) mass is 258 g/mol. The molecule has 1 aliphatic rings. The van der Waals surface area contributed by atoms with E-state index in [1.54, 1.807) is 13.0 Å². The van der Waals surface area contributed by atoms with Gasteiger partial charge in [0.25, 0.3) is 11.6 Å². The lowest BCUT2D eigenvalue weighted by Gasteiger charge is -2.13. The second kappa shape index (κ2) is 4.86. The SMILES string of the molecule is CC1=NN(c2ccccc2[N+](=O)[O-])C(=O)C1CC#N. The predicted octanol–water partition coefficient (Wildman–Crippen LogP) is 1.85. The molecule has 1 aromatic carbocycles. The third-order valence-electron chi connectivity index (χ3n) is 2.87. The van der Waals surface area contributed by atoms with Gasteiger partial charge in [-0.2, -0.15) is 15.4 Å². The molecule has 19 heavy (non-hydrogen) atoms. The second-order valence-electron chi connectivity index (χ2n) is 4.05. The van der Waals surface area contributed by atoms with Crippen molar-refractivity contribution in [2.75, 3.05) is 5.01 Å². The van der Waals surface area contributed by atoms with E-state index in [0.717, 1.165) is 5.01 Å². The number of hydrogen-bond acceptors (Lipinski definition) is 5. The van der Waals surface area contributed by atoms with Gasteiger partial charge >= 0.3 is 0 Å². The van der Waals surface area contributed by atoms with E-state index in [2.05, 4.69) is 5.10 Å². The Morgan fingerprint density at radius 2 is 2.21 bits per heavy atom. The van der Waals surface area contributed by atoms with Gasteiger partial charge in [-0.25, -0.2) is 0 Å². The molecule has 0 saturated carbocycles. The standard InChI is InChI=1S/C12H10N4O3/c1-8-9(6-7-13)12(17)15(14-8)10-4-2-3-5-11(10)16(18)19/h2-5,9H,6H2,1H3. The maximum absolute atomic E-state index is 12.1. The number of hydrogen-bond donors (Lipinski definition) is 0. The first-order valence-electron chi connectivity index (χ1n) is 5.55. The molecule has 7 heteroatoms. The number of rotatable bonds is 3. The number of anilines is 1. The Bertz CT molecular complexity index is 618. The zero-order valence-electron chi connectivity index (χ0n) is 10.1. The van der Waals surface area contributed by atoms with E-state index >= 15 is 0 Å². The van der Waals surface area contributed by atoms with Gasteiger partial charge < -0.3 is 0 Å². The van der Waals surface area contributed by atoms with E-state index in [1.807, 2.05) is 6.07 Å². The normalized spacial score (nSPS) is 18.1. The van der Waals surface area contributed by atoms with Gasteiger partial charge in [-0.05, 0) is 13.0 Å². The number of carbonyl (C=O) groups is 1. The molecule has 1 atom stereocenters. The first-order valence-corrected chi connectivity index (χ1v) is 5.55. The Labute approximate surface area is 108 Å². The van der Waals surface area contributed by atoms with Crippen molar-refractivity contribution in [3.05, 3.63) is 34.4 Å². The van der Waals surface area contributed by atoms with Crippen LogP contribution in [0, 0.1) is 27.4 Å². The first kappa shape index (κ1) is 12.7. The van der Waals surface area contributed by atoms with Gasteiger partial charge in [-0.15, -0.1) is 0 Å². The quantitative estimate of drug-likeness (QED) is 0.610. The van der Waals surface area contributed by atoms with Crippen LogP contribution >= 0.6 is 0 Å². The number of carbonyl (C=O) groups excluding carboxylic acids is 1. The molecule has 0 aromatic heterocycles. The summed E-state index contributed by atoms with van der Waals surface area (Å²) in [5.41, 5.74) is 0.423. The lowest BCUT2D eigenvalue weighted by atomic mass is 10.0. The third kappa shape index (κ3) is 2.15. The fraction of sp³-hybridized carbons (Fsp3) is 0.250. The van der Waals surface area contributed by atoms with Crippen LogP contribution in [0.2, 0.25) is 0 Å². The number of nitrogens with zero attached hydrogens (tertiary/aromatic N) is 4. The van der Waals surface area contributed by atoms with E-state index in [9.17, 15) is 14.9 Å². The molecule has 0 aliphatic carbocycles. The predicted molar refractivity (Wildman–Crippen MR) is 67.4 cm³/mol. The van der Waals surface area contributed by atoms with Gasteiger partial charge in [0.1, 0.15) is 5.69 Å². The Balaban J connectivity index is 2.43. The molecule has 0 radical (unpaired) electrons. The summed E-state index contributed by atoms with van der Waals surface area (Å²) in [5.74, 6) is -1.03. The lowest BCUT2D eigenvalue weighted by Crippen LogP contribution is -2.27. The summed E-state index contributed by atoms with van der Waals surface area (Å²) in [6.45, 7) is 1.63. The number of nitriles is 1. The van der Waals surface area contributed by atoms with E-state index in [0.29, 0.717) is 5.71 Å². The van der Waals surface area contributed by atoms with Crippen molar-refractivity contribution in [3.63, 3.8) is 0 Å². The largest absolute Gasteiger partial charge is 0.295 e. The van der Waals surface area contributed by atoms with Crippen molar-refractivity contribution >= 4 is 23.0 Å². The summed E-state index contributed by atoms with van der Waals surface area (Å²) >= 11 is 0. The van der Waals surface area contributed by atoms with Gasteiger partial charge in [0.05, 0.1) is 23.3 Å². The van der Waals surface area contributed by atoms with Gasteiger partial charge in [-0.1, -0.05) is 12.1 Å². The maximum Gasteiger partial charge on any atom is 0.295 e. The van der Waals surface area contributed by atoms with Gasteiger partial charge in [0, 0.05) is 11.8 Å². The average Bonchev–Trinajstić information content (AvgIpc) is 2.67. The number of nitro groups is 1. The Hall–Kier alpha value is -2.75. The van der Waals surface area contributed by atoms with Gasteiger partial charge in [0.15, 0.2) is 0 Å². The molecule has 1 unspecified atom stereocenters. The summed E-state index contributed by atoms with van der Waals surface area (Å²) in [5, 5.41) is 24.7. The molecular weight excluding hydrogens is 248 g/mol. The summed E-state index contributed by atoms with van der Waals surface area (Å²) in [6.07, 6.45) is 0.0191. The molecular formula is C12H10N4O3. The highest BCUT2D eigenvalue weighted by molar-refractivity contribution is 6.15. The zero-order valence-corrected chi connectivity index (χ0v) is 10.1. The fourth-order valence-corrected chi connectivity index (χ4v) is 1.90. The smallest absolute Gasteiger partial charge is 0.272 e. The topological polar surface area (TPSA) is 99.6 Å². The van der Waals surface area contributed by atoms with Crippen LogP contribution in [-0.4, -0.2) is 16.5 Å². The number of para-hydroxylation sites is 2. The highest BCUT2D eigenvalue weighted by Crippen LogP contribution is 2.32. The van der Waals surface area contributed by atoms with Crippen LogP contribution in [0.4, 0.5) is 11.4 Å². The van der Waals surface area contributed by atoms with Crippen LogP contribution < -0.4 is 5.01 Å². The molecule has 0 bridgehead atoms. The Morgan fingerprint density at radius 1 is 1.53 bits per heavy atom. The van der Waals surface area contributed by atoms with Crippen molar-refractivity contribution in [1.82, 2.24) is 0 Å². The molecule has 0 N–H and O–H groups in total. The molecule has 0 fully saturated rings. The van der Waals surface area contributed by atoms with Crippen LogP contribution in [0.1, 0.15) is 13.3 Å². The van der Waals surface area contributed by atoms with E-state index < -0.39 is 16.7 Å². The summed E-state index contributed by atoms with van der Waals surface area (Å²) < 4.78 is 0. The summed E-state index contributed by atoms with van der Waals surface area (Å²) in [4.78, 5) is 22.5. The molecule has 1 heterocycles. The van der Waals surface area contributed by atoms with Gasteiger partial charge in [-0.3, -0.25) is 14.9 Å². The van der Waals surface area contributed by atoms with Gasteiger partial charge in [0.2, 0.25) is 0 Å². The highest BCUT2D eigenvalue weighted by atomic mass is 16.6. The van der Waals surface area contributed by atoms with Crippen LogP contribution in [0.25, 0.3) is 0 Å². The molecule has 0 saturated heterocycles. The minimum absolute atomic E-state index is 0.0191. The molecule has 1 amide bonds.